The molecule has 0 unspecified atom stereocenters. The largest absolute Gasteiger partial charge is 0.355 e. The van der Waals surface area contributed by atoms with Crippen LogP contribution in [0.5, 0.6) is 0 Å². The van der Waals surface area contributed by atoms with E-state index in [1.165, 1.54) is 18.4 Å². The number of aromatic nitrogens is 3. The topological polar surface area (TPSA) is 41.9 Å². The van der Waals surface area contributed by atoms with E-state index < -0.39 is 0 Å². The molecule has 0 bridgehead atoms. The molecule has 1 aliphatic carbocycles. The Hall–Kier alpha value is -1.68. The van der Waals surface area contributed by atoms with Gasteiger partial charge in [0.25, 0.3) is 0 Å². The highest BCUT2D eigenvalue weighted by atomic mass is 35.5. The van der Waals surface area contributed by atoms with E-state index in [1.54, 1.807) is 12.4 Å². The molecule has 1 fully saturated rings. The number of halogens is 1. The Labute approximate surface area is 123 Å². The number of pyridine rings is 1. The molecule has 0 atom stereocenters. The van der Waals surface area contributed by atoms with Crippen molar-refractivity contribution in [3.8, 4) is 0 Å². The molecular weight excluding hydrogens is 272 g/mol. The van der Waals surface area contributed by atoms with E-state index in [2.05, 4.69) is 14.9 Å². The maximum absolute atomic E-state index is 6.25. The minimum Gasteiger partial charge on any atom is -0.355 e. The van der Waals surface area contributed by atoms with Crippen molar-refractivity contribution in [3.05, 3.63) is 46.6 Å². The molecule has 3 rings (SSSR count). The summed E-state index contributed by atoms with van der Waals surface area (Å²) in [5.41, 5.74) is 2.14. The smallest absolute Gasteiger partial charge is 0.137 e. The van der Waals surface area contributed by atoms with Crippen LogP contribution in [-0.2, 0) is 6.54 Å². The Balaban J connectivity index is 1.88. The molecular formula is C15H17ClN4. The SMILES string of the molecule is Cc1c(Cl)nc(C2CC2)nc1N(C)Cc1ccncc1. The van der Waals surface area contributed by atoms with E-state index in [0.717, 1.165) is 23.8 Å². The number of hydrogen-bond donors (Lipinski definition) is 0. The quantitative estimate of drug-likeness (QED) is 0.809. The Morgan fingerprint density at radius 1 is 1.25 bits per heavy atom. The van der Waals surface area contributed by atoms with E-state index in [1.807, 2.05) is 26.1 Å². The Bertz CT molecular complexity index is 611. The molecule has 0 radical (unpaired) electrons. The Morgan fingerprint density at radius 2 is 1.95 bits per heavy atom. The average molecular weight is 289 g/mol. The van der Waals surface area contributed by atoms with Gasteiger partial charge in [-0.25, -0.2) is 9.97 Å². The highest BCUT2D eigenvalue weighted by Crippen LogP contribution is 2.39. The third-order valence-electron chi connectivity index (χ3n) is 3.55. The lowest BCUT2D eigenvalue weighted by Gasteiger charge is -2.21. The van der Waals surface area contributed by atoms with Crippen LogP contribution in [0.15, 0.2) is 24.5 Å². The lowest BCUT2D eigenvalue weighted by Crippen LogP contribution is -2.20. The summed E-state index contributed by atoms with van der Waals surface area (Å²) in [6, 6.07) is 4.02. The maximum Gasteiger partial charge on any atom is 0.137 e. The van der Waals surface area contributed by atoms with E-state index in [9.17, 15) is 0 Å². The lowest BCUT2D eigenvalue weighted by molar-refractivity contribution is 0.843. The van der Waals surface area contributed by atoms with Crippen molar-refractivity contribution in [2.45, 2.75) is 32.2 Å². The molecule has 2 aromatic heterocycles. The lowest BCUT2D eigenvalue weighted by atomic mass is 10.2. The summed E-state index contributed by atoms with van der Waals surface area (Å²) in [6.45, 7) is 2.75. The zero-order valence-corrected chi connectivity index (χ0v) is 12.4. The van der Waals surface area contributed by atoms with Gasteiger partial charge in [0.15, 0.2) is 0 Å². The molecule has 4 nitrogen and oxygen atoms in total. The predicted octanol–water partition coefficient (Wildman–Crippen LogP) is 3.35. The van der Waals surface area contributed by atoms with Crippen LogP contribution >= 0.6 is 11.6 Å². The predicted molar refractivity (Wildman–Crippen MR) is 80.1 cm³/mol. The van der Waals surface area contributed by atoms with Crippen LogP contribution in [0, 0.1) is 6.92 Å². The van der Waals surface area contributed by atoms with Crippen LogP contribution in [0.4, 0.5) is 5.82 Å². The van der Waals surface area contributed by atoms with Gasteiger partial charge in [-0.2, -0.15) is 0 Å². The summed E-state index contributed by atoms with van der Waals surface area (Å²) < 4.78 is 0. The van der Waals surface area contributed by atoms with Gasteiger partial charge in [-0.05, 0) is 37.5 Å². The fourth-order valence-electron chi connectivity index (χ4n) is 2.23. The zero-order chi connectivity index (χ0) is 14.1. The molecule has 20 heavy (non-hydrogen) atoms. The normalized spacial score (nSPS) is 14.3. The second-order valence-corrected chi connectivity index (χ2v) is 5.67. The number of nitrogens with zero attached hydrogens (tertiary/aromatic N) is 4. The highest BCUT2D eigenvalue weighted by Gasteiger charge is 2.28. The molecule has 104 valence electrons. The molecule has 0 spiro atoms. The van der Waals surface area contributed by atoms with Gasteiger partial charge in [0.2, 0.25) is 0 Å². The molecule has 2 aromatic rings. The minimum absolute atomic E-state index is 0.501. The molecule has 0 aliphatic heterocycles. The van der Waals surface area contributed by atoms with Gasteiger partial charge in [0.05, 0.1) is 0 Å². The standard InChI is InChI=1S/C15H17ClN4/c1-10-13(16)18-14(12-3-4-12)19-15(10)20(2)9-11-5-7-17-8-6-11/h5-8,12H,3-4,9H2,1-2H3. The van der Waals surface area contributed by atoms with Crippen molar-refractivity contribution in [2.24, 2.45) is 0 Å². The first-order chi connectivity index (χ1) is 9.65. The first-order valence-electron chi connectivity index (χ1n) is 6.79. The molecule has 2 heterocycles. The first-order valence-corrected chi connectivity index (χ1v) is 7.17. The van der Waals surface area contributed by atoms with Crippen LogP contribution in [0.2, 0.25) is 5.15 Å². The second-order valence-electron chi connectivity index (χ2n) is 5.31. The molecule has 0 amide bonds. The average Bonchev–Trinajstić information content (AvgIpc) is 3.27. The molecule has 0 saturated heterocycles. The van der Waals surface area contributed by atoms with Gasteiger partial charge >= 0.3 is 0 Å². The van der Waals surface area contributed by atoms with Crippen molar-refractivity contribution in [3.63, 3.8) is 0 Å². The molecule has 5 heteroatoms. The summed E-state index contributed by atoms with van der Waals surface area (Å²) in [5, 5.41) is 0.568. The summed E-state index contributed by atoms with van der Waals surface area (Å²) in [6.07, 6.45) is 5.96. The molecule has 1 aliphatic rings. The number of anilines is 1. The maximum atomic E-state index is 6.25. The first kappa shape index (κ1) is 13.3. The van der Waals surface area contributed by atoms with Gasteiger partial charge in [-0.1, -0.05) is 11.6 Å². The summed E-state index contributed by atoms with van der Waals surface area (Å²) in [7, 11) is 2.03. The van der Waals surface area contributed by atoms with Crippen LogP contribution < -0.4 is 4.90 Å². The van der Waals surface area contributed by atoms with Crippen molar-refractivity contribution < 1.29 is 0 Å². The van der Waals surface area contributed by atoms with Crippen molar-refractivity contribution in [1.29, 1.82) is 0 Å². The van der Waals surface area contributed by atoms with E-state index >= 15 is 0 Å². The summed E-state index contributed by atoms with van der Waals surface area (Å²) in [4.78, 5) is 15.3. The second kappa shape index (κ2) is 5.37. The summed E-state index contributed by atoms with van der Waals surface area (Å²) >= 11 is 6.25. The van der Waals surface area contributed by atoms with Crippen molar-refractivity contribution >= 4 is 17.4 Å². The third kappa shape index (κ3) is 2.75. The Morgan fingerprint density at radius 3 is 2.60 bits per heavy atom. The fourth-order valence-corrected chi connectivity index (χ4v) is 2.40. The molecule has 1 saturated carbocycles. The number of rotatable bonds is 4. The van der Waals surface area contributed by atoms with E-state index in [-0.39, 0.29) is 0 Å². The van der Waals surface area contributed by atoms with Crippen LogP contribution in [0.3, 0.4) is 0 Å². The van der Waals surface area contributed by atoms with E-state index in [4.69, 9.17) is 16.6 Å². The molecule has 0 N–H and O–H groups in total. The highest BCUT2D eigenvalue weighted by molar-refractivity contribution is 6.30. The summed E-state index contributed by atoms with van der Waals surface area (Å²) in [5.74, 6) is 2.31. The van der Waals surface area contributed by atoms with Gasteiger partial charge in [-0.3, -0.25) is 4.98 Å². The van der Waals surface area contributed by atoms with Crippen LogP contribution in [0.1, 0.15) is 35.7 Å². The van der Waals surface area contributed by atoms with Crippen LogP contribution in [-0.4, -0.2) is 22.0 Å². The van der Waals surface area contributed by atoms with Crippen LogP contribution in [0.25, 0.3) is 0 Å². The minimum atomic E-state index is 0.501. The zero-order valence-electron chi connectivity index (χ0n) is 11.7. The Kier molecular flexibility index (Phi) is 3.57. The van der Waals surface area contributed by atoms with Gasteiger partial charge < -0.3 is 4.90 Å². The number of hydrogen-bond acceptors (Lipinski definition) is 4. The molecule has 0 aromatic carbocycles. The van der Waals surface area contributed by atoms with Gasteiger partial charge in [-0.15, -0.1) is 0 Å². The van der Waals surface area contributed by atoms with Gasteiger partial charge in [0.1, 0.15) is 16.8 Å². The van der Waals surface area contributed by atoms with Crippen molar-refractivity contribution in [2.75, 3.05) is 11.9 Å². The fraction of sp³-hybridized carbons (Fsp3) is 0.400. The monoisotopic (exact) mass is 288 g/mol. The third-order valence-corrected chi connectivity index (χ3v) is 3.92. The van der Waals surface area contributed by atoms with Gasteiger partial charge in [0, 0.05) is 37.5 Å². The van der Waals surface area contributed by atoms with E-state index in [0.29, 0.717) is 11.1 Å². The van der Waals surface area contributed by atoms with Crippen molar-refractivity contribution in [1.82, 2.24) is 15.0 Å².